The van der Waals surface area contributed by atoms with E-state index < -0.39 is 5.54 Å². The van der Waals surface area contributed by atoms with Crippen molar-refractivity contribution in [3.05, 3.63) is 77.4 Å². The van der Waals surface area contributed by atoms with Crippen LogP contribution in [0, 0.1) is 11.3 Å². The Morgan fingerprint density at radius 1 is 1.23 bits per heavy atom. The van der Waals surface area contributed by atoms with Crippen LogP contribution in [0.1, 0.15) is 28.8 Å². The van der Waals surface area contributed by atoms with Crippen LogP contribution in [0.25, 0.3) is 0 Å². The molecule has 158 valence electrons. The van der Waals surface area contributed by atoms with Gasteiger partial charge >= 0.3 is 0 Å². The van der Waals surface area contributed by atoms with Crippen molar-refractivity contribution >= 4 is 5.91 Å². The van der Waals surface area contributed by atoms with Gasteiger partial charge in [0.2, 0.25) is 0 Å². The monoisotopic (exact) mass is 416 g/mol. The SMILES string of the molecule is COc1ccc(CN(C)C(=O)C2(c3ccc(C#N)cc3OC)CCc3cncn32)cc1. The molecule has 1 aliphatic heterocycles. The van der Waals surface area contributed by atoms with Crippen molar-refractivity contribution < 1.29 is 14.3 Å². The van der Waals surface area contributed by atoms with E-state index in [1.54, 1.807) is 50.8 Å². The van der Waals surface area contributed by atoms with Gasteiger partial charge in [-0.15, -0.1) is 0 Å². The van der Waals surface area contributed by atoms with Crippen molar-refractivity contribution in [2.45, 2.75) is 24.9 Å². The quantitative estimate of drug-likeness (QED) is 0.617. The number of aryl methyl sites for hydroxylation is 1. The molecule has 7 nitrogen and oxygen atoms in total. The van der Waals surface area contributed by atoms with E-state index in [-0.39, 0.29) is 5.91 Å². The number of hydrogen-bond donors (Lipinski definition) is 0. The number of benzene rings is 2. The highest BCUT2D eigenvalue weighted by atomic mass is 16.5. The van der Waals surface area contributed by atoms with Gasteiger partial charge in [0, 0.05) is 31.0 Å². The first-order valence-electron chi connectivity index (χ1n) is 10.0. The molecule has 2 aromatic carbocycles. The molecule has 0 bridgehead atoms. The predicted octanol–water partition coefficient (Wildman–Crippen LogP) is 3.12. The fourth-order valence-corrected chi connectivity index (χ4v) is 4.36. The summed E-state index contributed by atoms with van der Waals surface area (Å²) in [7, 11) is 4.99. The van der Waals surface area contributed by atoms with Gasteiger partial charge in [-0.05, 0) is 42.7 Å². The van der Waals surface area contributed by atoms with E-state index in [0.717, 1.165) is 29.0 Å². The normalized spacial score (nSPS) is 17.0. The number of hydrogen-bond acceptors (Lipinski definition) is 5. The highest BCUT2D eigenvalue weighted by molar-refractivity contribution is 5.89. The summed E-state index contributed by atoms with van der Waals surface area (Å²) in [6.45, 7) is 0.452. The number of fused-ring (bicyclic) bond motifs is 1. The Hall–Kier alpha value is -3.79. The standard InChI is InChI=1S/C24H24N4O3/c1-27(15-17-4-7-20(30-2)8-5-17)23(29)24(11-10-19-14-26-16-28(19)24)21-9-6-18(13-25)12-22(21)31-3/h4-9,12,14,16H,10-11,15H2,1-3H3. The number of rotatable bonds is 6. The minimum atomic E-state index is -0.980. The zero-order valence-corrected chi connectivity index (χ0v) is 17.8. The molecule has 1 aromatic heterocycles. The molecule has 3 aromatic rings. The van der Waals surface area contributed by atoms with Crippen LogP contribution in [0.4, 0.5) is 0 Å². The Labute approximate surface area is 181 Å². The van der Waals surface area contributed by atoms with Crippen molar-refractivity contribution in [3.8, 4) is 17.6 Å². The highest BCUT2D eigenvalue weighted by Crippen LogP contribution is 2.44. The van der Waals surface area contributed by atoms with Crippen LogP contribution in [-0.4, -0.2) is 41.6 Å². The molecule has 31 heavy (non-hydrogen) atoms. The summed E-state index contributed by atoms with van der Waals surface area (Å²) < 4.78 is 12.8. The molecule has 4 rings (SSSR count). The summed E-state index contributed by atoms with van der Waals surface area (Å²) in [5.41, 5.74) is 2.24. The van der Waals surface area contributed by atoms with Gasteiger partial charge in [-0.3, -0.25) is 4.79 Å². The molecule has 0 N–H and O–H groups in total. The Morgan fingerprint density at radius 2 is 2.00 bits per heavy atom. The van der Waals surface area contributed by atoms with E-state index in [4.69, 9.17) is 9.47 Å². The van der Waals surface area contributed by atoms with E-state index in [0.29, 0.717) is 24.3 Å². The van der Waals surface area contributed by atoms with E-state index in [1.807, 2.05) is 34.9 Å². The lowest BCUT2D eigenvalue weighted by molar-refractivity contribution is -0.137. The zero-order valence-electron chi connectivity index (χ0n) is 17.8. The molecule has 0 saturated carbocycles. The molecular formula is C24H24N4O3. The molecular weight excluding hydrogens is 392 g/mol. The second kappa shape index (κ2) is 8.15. The number of amides is 1. The van der Waals surface area contributed by atoms with Gasteiger partial charge in [-0.25, -0.2) is 4.98 Å². The Kier molecular flexibility index (Phi) is 5.38. The third-order valence-corrected chi connectivity index (χ3v) is 5.92. The first-order valence-corrected chi connectivity index (χ1v) is 10.0. The van der Waals surface area contributed by atoms with E-state index in [1.165, 1.54) is 0 Å². The highest BCUT2D eigenvalue weighted by Gasteiger charge is 2.49. The first-order chi connectivity index (χ1) is 15.0. The maximum Gasteiger partial charge on any atom is 0.253 e. The number of imidazole rings is 1. The molecule has 0 radical (unpaired) electrons. The van der Waals surface area contributed by atoms with Crippen LogP contribution in [0.2, 0.25) is 0 Å². The van der Waals surface area contributed by atoms with Gasteiger partial charge in [0.05, 0.1) is 32.2 Å². The van der Waals surface area contributed by atoms with Gasteiger partial charge in [0.1, 0.15) is 11.5 Å². The number of carbonyl (C=O) groups is 1. The van der Waals surface area contributed by atoms with Crippen molar-refractivity contribution in [2.24, 2.45) is 0 Å². The number of aromatic nitrogens is 2. The smallest absolute Gasteiger partial charge is 0.253 e. The third kappa shape index (κ3) is 3.40. The van der Waals surface area contributed by atoms with Gasteiger partial charge < -0.3 is 18.9 Å². The predicted molar refractivity (Wildman–Crippen MR) is 115 cm³/mol. The average Bonchev–Trinajstić information content (AvgIpc) is 3.42. The fourth-order valence-electron chi connectivity index (χ4n) is 4.36. The van der Waals surface area contributed by atoms with E-state index >= 15 is 0 Å². The first kappa shape index (κ1) is 20.5. The number of ether oxygens (including phenoxy) is 2. The van der Waals surface area contributed by atoms with Gasteiger partial charge in [0.15, 0.2) is 5.54 Å². The lowest BCUT2D eigenvalue weighted by Crippen LogP contribution is -2.48. The molecule has 1 unspecified atom stereocenters. The summed E-state index contributed by atoms with van der Waals surface area (Å²) in [6, 6.07) is 15.0. The minimum Gasteiger partial charge on any atom is -0.497 e. The lowest BCUT2D eigenvalue weighted by atomic mass is 9.84. The maximum atomic E-state index is 14.0. The molecule has 0 saturated heterocycles. The van der Waals surface area contributed by atoms with Gasteiger partial charge in [-0.1, -0.05) is 18.2 Å². The maximum absolute atomic E-state index is 14.0. The van der Waals surface area contributed by atoms with Crippen molar-refractivity contribution in [3.63, 3.8) is 0 Å². The number of nitriles is 1. The zero-order chi connectivity index (χ0) is 22.0. The van der Waals surface area contributed by atoms with E-state index in [9.17, 15) is 10.1 Å². The summed E-state index contributed by atoms with van der Waals surface area (Å²) in [6.07, 6.45) is 4.83. The largest absolute Gasteiger partial charge is 0.497 e. The average molecular weight is 416 g/mol. The second-order valence-electron chi connectivity index (χ2n) is 7.65. The molecule has 0 fully saturated rings. The van der Waals surface area contributed by atoms with Crippen LogP contribution < -0.4 is 9.47 Å². The summed E-state index contributed by atoms with van der Waals surface area (Å²) >= 11 is 0. The topological polar surface area (TPSA) is 80.4 Å². The number of nitrogens with zero attached hydrogens (tertiary/aromatic N) is 4. The van der Waals surface area contributed by atoms with Crippen LogP contribution in [0.15, 0.2) is 55.0 Å². The summed E-state index contributed by atoms with van der Waals surface area (Å²) in [5, 5.41) is 9.30. The summed E-state index contributed by atoms with van der Waals surface area (Å²) in [4.78, 5) is 20.0. The van der Waals surface area contributed by atoms with Crippen molar-refractivity contribution in [1.29, 1.82) is 5.26 Å². The fraction of sp³-hybridized carbons (Fsp3) is 0.292. The van der Waals surface area contributed by atoms with Crippen LogP contribution in [0.5, 0.6) is 11.5 Å². The molecule has 1 aliphatic rings. The molecule has 1 atom stereocenters. The molecule has 1 amide bonds. The van der Waals surface area contributed by atoms with Crippen molar-refractivity contribution in [2.75, 3.05) is 21.3 Å². The Balaban J connectivity index is 1.76. The number of methoxy groups -OCH3 is 2. The Morgan fingerprint density at radius 3 is 2.68 bits per heavy atom. The van der Waals surface area contributed by atoms with Gasteiger partial charge in [-0.2, -0.15) is 5.26 Å². The third-order valence-electron chi connectivity index (χ3n) is 5.92. The molecule has 0 spiro atoms. The van der Waals surface area contributed by atoms with Crippen LogP contribution >= 0.6 is 0 Å². The minimum absolute atomic E-state index is 0.0527. The van der Waals surface area contributed by atoms with Gasteiger partial charge in [0.25, 0.3) is 5.91 Å². The number of carbonyl (C=O) groups excluding carboxylic acids is 1. The Bertz CT molecular complexity index is 1150. The molecule has 2 heterocycles. The molecule has 0 aliphatic carbocycles. The van der Waals surface area contributed by atoms with E-state index in [2.05, 4.69) is 11.1 Å². The number of likely N-dealkylation sites (N-methyl/N-ethyl adjacent to an activating group) is 1. The second-order valence-corrected chi connectivity index (χ2v) is 7.65. The molecule has 7 heteroatoms. The van der Waals surface area contributed by atoms with Crippen LogP contribution in [-0.2, 0) is 23.3 Å². The summed E-state index contributed by atoms with van der Waals surface area (Å²) in [5.74, 6) is 1.24. The lowest BCUT2D eigenvalue weighted by Gasteiger charge is -2.35. The van der Waals surface area contributed by atoms with Crippen LogP contribution in [0.3, 0.4) is 0 Å². The van der Waals surface area contributed by atoms with Crippen molar-refractivity contribution in [1.82, 2.24) is 14.5 Å².